The van der Waals surface area contributed by atoms with Gasteiger partial charge < -0.3 is 131 Å². The first-order valence-corrected chi connectivity index (χ1v) is 47.3. The van der Waals surface area contributed by atoms with Crippen LogP contribution < -0.4 is 86.6 Å². The van der Waals surface area contributed by atoms with Gasteiger partial charge in [-0.05, 0) is 132 Å². The molecule has 44 heteroatoms. The summed E-state index contributed by atoms with van der Waals surface area (Å²) in [5.41, 5.74) is 32.7. The van der Waals surface area contributed by atoms with Gasteiger partial charge in [0.05, 0.1) is 38.3 Å². The minimum atomic E-state index is -1.77. The van der Waals surface area contributed by atoms with E-state index in [-0.39, 0.29) is 116 Å². The molecule has 3 fully saturated rings. The standard InChI is InChI=1S/C92H132N24O19S/c1-8-10-26-72-85(127)105-63(25-18-35-94)81(123)111-71(80(122)101-47-77(97)119)49-136-50-78(120)103-68(38-53-29-31-58(135-7)32-30-53)88(130)112(4)52(3)79(121)109-70(43-76(96)118)91(133)115-37-19-28-73(115)86(128)108-67(41-56-46-98-51-102-56)84(126)106-65(24-16-17-34-93)90(132)116-48-57(117)42-75(116)87(129)107-66(39-54-44-99-61-22-14-12-20-59(54)61)83(125)104-64(33-36-95)82(124)110-69(40-55-45-100-62-23-15-13-21-60(55)62)89(131)114(6)74(27-11-9-2)92(134)113(72)5/h12-15,20-23,29-32,44-46,51-52,57,63-75,99-100,117H,8-11,16-19,24-28,33-43,47-50,93-95H2,1-7H3,(H2,96,118)(H2,97,119)(H,98,102)(H,101,122)(H,103,120)(H,104,125)(H,105,127)(H,106,126)(H,107,129)(H,108,128)(H,109,121)(H,110,124)(H,111,123)/t52-,57+,63-,64-,65-,66-,67-,68-,69-,70-,71-,72-,73-,74-,75-/m0/s1. The number of unbranched alkanes of at least 4 members (excludes halogenated alkanes) is 3. The summed E-state index contributed by atoms with van der Waals surface area (Å²) in [5.74, 6) is -15.7. The van der Waals surface area contributed by atoms with Crippen LogP contribution in [0.15, 0.2) is 97.7 Å². The minimum Gasteiger partial charge on any atom is -0.497 e. The van der Waals surface area contributed by atoms with Gasteiger partial charge in [0.1, 0.15) is 90.3 Å². The van der Waals surface area contributed by atoms with E-state index in [4.69, 9.17) is 33.4 Å². The Labute approximate surface area is 792 Å². The number of likely N-dealkylation sites (N-methyl/N-ethyl adjacent to an activating group) is 3. The summed E-state index contributed by atoms with van der Waals surface area (Å²) in [6, 6.07) is -0.234. The van der Waals surface area contributed by atoms with Crippen molar-refractivity contribution in [1.82, 2.24) is 97.6 Å². The molecule has 3 saturated heterocycles. The Hall–Kier alpha value is -13.1. The van der Waals surface area contributed by atoms with Crippen molar-refractivity contribution in [2.75, 3.05) is 79.0 Å². The number of hydrogen-bond donors (Lipinski definition) is 19. The quantitative estimate of drug-likeness (QED) is 0.0212. The predicted octanol–water partition coefficient (Wildman–Crippen LogP) is -2.71. The molecule has 6 heterocycles. The Morgan fingerprint density at radius 1 is 0.507 bits per heavy atom. The maximum atomic E-state index is 15.8. The van der Waals surface area contributed by atoms with E-state index in [9.17, 15) is 48.3 Å². The number of aliphatic hydroxyl groups is 1. The first-order valence-electron chi connectivity index (χ1n) is 46.2. The molecule has 3 aromatic heterocycles. The molecule has 136 heavy (non-hydrogen) atoms. The summed E-state index contributed by atoms with van der Waals surface area (Å²) >= 11 is 0.805. The van der Waals surface area contributed by atoms with E-state index < -0.39 is 222 Å². The molecule has 17 amide bonds. The van der Waals surface area contributed by atoms with Crippen LogP contribution in [0.2, 0.25) is 0 Å². The second kappa shape index (κ2) is 52.1. The number of thioether (sulfide) groups is 1. The zero-order valence-corrected chi connectivity index (χ0v) is 78.8. The molecule has 0 saturated carbocycles. The van der Waals surface area contributed by atoms with Crippen molar-refractivity contribution in [3.63, 3.8) is 0 Å². The Balaban J connectivity index is 1.10. The summed E-state index contributed by atoms with van der Waals surface area (Å²) in [6.07, 6.45) is 4.75. The van der Waals surface area contributed by atoms with Gasteiger partial charge in [-0.3, -0.25) is 81.5 Å². The number of nitrogens with two attached hydrogens (primary N) is 5. The SMILES string of the molecule is CCCC[C@H]1C(=O)N(C)[C@@H](CCCC)C(=O)N[C@@H](CCCN)C(=O)N[C@H](C(=O)NCC(N)=O)CSCC(=O)N[C@@H](Cc2ccc(OC)cc2)C(=O)N(C)[C@@H](C)C(=O)N[C@@H](CC(N)=O)C(=O)N2CCC[C@H]2C(=O)N[C@@H](Cc2cnc[nH]2)C(=O)N[C@@H](CCCCN)C(=O)N2C[C@H](O)C[C@H]2C(=O)N[C@@H](Cc2c[nH]c3ccccc23)C(=O)N[C@@H](CCN)C(=O)N[C@@H](Cc2c[nH]c3ccccc23)C(=O)N1C. The Bertz CT molecular complexity index is 5150. The highest BCUT2D eigenvalue weighted by molar-refractivity contribution is 8.00. The lowest BCUT2D eigenvalue weighted by Gasteiger charge is -2.36. The van der Waals surface area contributed by atoms with Gasteiger partial charge >= 0.3 is 0 Å². The molecule has 3 aliphatic rings. The summed E-state index contributed by atoms with van der Waals surface area (Å²) in [5, 5.41) is 39.9. The van der Waals surface area contributed by atoms with Crippen LogP contribution in [-0.2, 0) is 107 Å². The number of methoxy groups -OCH3 is 1. The van der Waals surface area contributed by atoms with Crippen LogP contribution in [0.1, 0.15) is 146 Å². The Morgan fingerprint density at radius 2 is 1.04 bits per heavy atom. The van der Waals surface area contributed by atoms with Crippen LogP contribution in [0, 0.1) is 0 Å². The molecule has 740 valence electrons. The minimum absolute atomic E-state index is 0.00795. The van der Waals surface area contributed by atoms with Crippen LogP contribution in [0.3, 0.4) is 0 Å². The third-order valence-electron chi connectivity index (χ3n) is 24.8. The lowest BCUT2D eigenvalue weighted by molar-refractivity contribution is -0.149. The molecule has 3 aromatic carbocycles. The zero-order valence-electron chi connectivity index (χ0n) is 78.0. The lowest BCUT2D eigenvalue weighted by atomic mass is 9.99. The normalized spacial score (nSPS) is 24.7. The molecule has 0 unspecified atom stereocenters. The van der Waals surface area contributed by atoms with Gasteiger partial charge in [0.15, 0.2) is 0 Å². The molecule has 6 aromatic rings. The molecule has 0 radical (unpaired) electrons. The number of aromatic amines is 3. The molecule has 3 aliphatic heterocycles. The predicted molar refractivity (Wildman–Crippen MR) is 504 cm³/mol. The van der Waals surface area contributed by atoms with E-state index in [0.29, 0.717) is 82.0 Å². The summed E-state index contributed by atoms with van der Waals surface area (Å²) in [4.78, 5) is 270. The number of imidazole rings is 1. The number of para-hydroxylation sites is 2. The largest absolute Gasteiger partial charge is 0.497 e. The average molecular weight is 1910 g/mol. The van der Waals surface area contributed by atoms with E-state index in [0.717, 1.165) is 26.5 Å². The van der Waals surface area contributed by atoms with Crippen molar-refractivity contribution >= 4 is 134 Å². The number of nitrogens with one attached hydrogen (secondary N) is 13. The number of benzene rings is 3. The fraction of sp³-hybridized carbons (Fsp3) is 0.543. The van der Waals surface area contributed by atoms with Gasteiger partial charge in [0, 0.05) is 118 Å². The third-order valence-corrected chi connectivity index (χ3v) is 25.8. The van der Waals surface area contributed by atoms with Crippen molar-refractivity contribution in [1.29, 1.82) is 0 Å². The monoisotopic (exact) mass is 1910 g/mol. The van der Waals surface area contributed by atoms with E-state index in [1.165, 1.54) is 57.5 Å². The average Bonchev–Trinajstić information content (AvgIpc) is 1.51. The van der Waals surface area contributed by atoms with Crippen LogP contribution in [0.25, 0.3) is 21.8 Å². The molecule has 0 bridgehead atoms. The number of aromatic nitrogens is 4. The number of rotatable bonds is 29. The van der Waals surface area contributed by atoms with Crippen molar-refractivity contribution in [3.05, 3.63) is 120 Å². The molecular weight excluding hydrogens is 1780 g/mol. The van der Waals surface area contributed by atoms with Gasteiger partial charge in [-0.2, -0.15) is 0 Å². The van der Waals surface area contributed by atoms with Crippen molar-refractivity contribution in [2.45, 2.75) is 240 Å². The molecule has 24 N–H and O–H groups in total. The van der Waals surface area contributed by atoms with E-state index >= 15 is 38.4 Å². The zero-order chi connectivity index (χ0) is 99.0. The number of aliphatic hydroxyl groups excluding tert-OH is 1. The van der Waals surface area contributed by atoms with Crippen LogP contribution >= 0.6 is 11.8 Å². The maximum Gasteiger partial charge on any atom is 0.246 e. The number of carbonyl (C=O) groups excluding carboxylic acids is 17. The van der Waals surface area contributed by atoms with E-state index in [1.807, 2.05) is 26.0 Å². The van der Waals surface area contributed by atoms with Crippen molar-refractivity contribution in [3.8, 4) is 5.75 Å². The molecule has 15 atom stereocenters. The van der Waals surface area contributed by atoms with Gasteiger partial charge in [0.2, 0.25) is 100 Å². The molecule has 43 nitrogen and oxygen atoms in total. The van der Waals surface area contributed by atoms with Crippen LogP contribution in [0.4, 0.5) is 0 Å². The Morgan fingerprint density at radius 3 is 1.64 bits per heavy atom. The summed E-state index contributed by atoms with van der Waals surface area (Å²) in [7, 11) is 5.47. The van der Waals surface area contributed by atoms with Crippen LogP contribution in [-0.4, -0.2) is 320 Å². The fourth-order valence-corrected chi connectivity index (χ4v) is 17.9. The van der Waals surface area contributed by atoms with Gasteiger partial charge in [0.25, 0.3) is 0 Å². The highest BCUT2D eigenvalue weighted by Crippen LogP contribution is 2.28. The van der Waals surface area contributed by atoms with Gasteiger partial charge in [-0.15, -0.1) is 11.8 Å². The highest BCUT2D eigenvalue weighted by Gasteiger charge is 2.47. The second-order valence-corrected chi connectivity index (χ2v) is 35.7. The smallest absolute Gasteiger partial charge is 0.246 e. The Kier molecular flexibility index (Phi) is 40.9. The van der Waals surface area contributed by atoms with Gasteiger partial charge in [-0.25, -0.2) is 4.98 Å². The maximum absolute atomic E-state index is 15.8. The third kappa shape index (κ3) is 29.5. The molecule has 9 rings (SSSR count). The van der Waals surface area contributed by atoms with E-state index in [2.05, 4.69) is 73.1 Å². The topological polar surface area (TPSA) is 647 Å². The first kappa shape index (κ1) is 107. The first-order chi connectivity index (χ1) is 65.1. The lowest BCUT2D eigenvalue weighted by Crippen LogP contribution is -2.61. The number of amides is 17. The second-order valence-electron chi connectivity index (χ2n) is 34.7. The van der Waals surface area contributed by atoms with E-state index in [1.54, 1.807) is 73.1 Å². The molecule has 0 spiro atoms. The van der Waals surface area contributed by atoms with Gasteiger partial charge in [-0.1, -0.05) is 88.1 Å². The molecule has 0 aliphatic carbocycles. The number of carbonyl (C=O) groups is 17. The number of fused-ring (bicyclic) bond motifs is 4. The summed E-state index contributed by atoms with van der Waals surface area (Å²) < 4.78 is 5.36. The van der Waals surface area contributed by atoms with Crippen molar-refractivity contribution < 1.29 is 91.4 Å². The van der Waals surface area contributed by atoms with Crippen LogP contribution in [0.5, 0.6) is 5.75 Å². The highest BCUT2D eigenvalue weighted by atomic mass is 32.2. The number of H-pyrrole nitrogens is 3. The number of nitrogens with zero attached hydrogens (tertiary/aromatic N) is 6. The number of hydrogen-bond acceptors (Lipinski definition) is 24. The number of primary amides is 2. The number of ether oxygens (including phenoxy) is 1. The molecular formula is C92H132N24O19S. The van der Waals surface area contributed by atoms with Crippen molar-refractivity contribution in [2.24, 2.45) is 28.7 Å². The fourth-order valence-electron chi connectivity index (χ4n) is 17.0. The summed E-state index contributed by atoms with van der Waals surface area (Å²) in [6.45, 7) is 3.72.